The molecule has 0 N–H and O–H groups in total. The Bertz CT molecular complexity index is 819. The Morgan fingerprint density at radius 1 is 1.17 bits per heavy atom. The van der Waals surface area contributed by atoms with Crippen LogP contribution in [0, 0.1) is 6.92 Å². The number of sulfonamides is 1. The number of likely N-dealkylation sites (N-methyl/N-ethyl adjacent to an activating group) is 1. The SMILES string of the molecule is Cc1ccc(S(=O)(=O)N(C)CC(=O)OCc2cccc(Br)c2)cc1. The average Bonchev–Trinajstić information content (AvgIpc) is 2.53. The van der Waals surface area contributed by atoms with E-state index in [1.165, 1.54) is 19.2 Å². The van der Waals surface area contributed by atoms with Crippen molar-refractivity contribution in [2.75, 3.05) is 13.6 Å². The van der Waals surface area contributed by atoms with Crippen LogP contribution >= 0.6 is 15.9 Å². The van der Waals surface area contributed by atoms with Crippen LogP contribution < -0.4 is 0 Å². The predicted molar refractivity (Wildman–Crippen MR) is 94.9 cm³/mol. The zero-order valence-electron chi connectivity index (χ0n) is 13.4. The fourth-order valence-electron chi connectivity index (χ4n) is 1.99. The molecule has 0 aromatic heterocycles. The van der Waals surface area contributed by atoms with Gasteiger partial charge in [-0.2, -0.15) is 4.31 Å². The molecule has 0 saturated heterocycles. The van der Waals surface area contributed by atoms with Crippen LogP contribution in [0.15, 0.2) is 57.9 Å². The molecule has 0 aliphatic heterocycles. The van der Waals surface area contributed by atoms with E-state index in [-0.39, 0.29) is 18.0 Å². The molecule has 0 aliphatic carbocycles. The summed E-state index contributed by atoms with van der Waals surface area (Å²) in [6.07, 6.45) is 0. The minimum atomic E-state index is -3.72. The zero-order valence-corrected chi connectivity index (χ0v) is 15.8. The Morgan fingerprint density at radius 3 is 2.46 bits per heavy atom. The van der Waals surface area contributed by atoms with E-state index in [1.807, 2.05) is 31.2 Å². The Balaban J connectivity index is 1.96. The van der Waals surface area contributed by atoms with Gasteiger partial charge in [0, 0.05) is 11.5 Å². The molecule has 7 heteroatoms. The van der Waals surface area contributed by atoms with Crippen LogP contribution in [0.5, 0.6) is 0 Å². The van der Waals surface area contributed by atoms with Crippen molar-refractivity contribution in [1.29, 1.82) is 0 Å². The van der Waals surface area contributed by atoms with Crippen LogP contribution in [0.3, 0.4) is 0 Å². The molecule has 0 spiro atoms. The number of benzene rings is 2. The predicted octanol–water partition coefficient (Wildman–Crippen LogP) is 3.12. The zero-order chi connectivity index (χ0) is 17.7. The number of nitrogens with zero attached hydrogens (tertiary/aromatic N) is 1. The summed E-state index contributed by atoms with van der Waals surface area (Å²) in [5, 5.41) is 0. The summed E-state index contributed by atoms with van der Waals surface area (Å²) in [6, 6.07) is 13.8. The number of aryl methyl sites for hydroxylation is 1. The molecule has 5 nitrogen and oxygen atoms in total. The van der Waals surface area contributed by atoms with Crippen molar-refractivity contribution in [2.24, 2.45) is 0 Å². The third-order valence-electron chi connectivity index (χ3n) is 3.37. The second kappa shape index (κ2) is 7.92. The van der Waals surface area contributed by atoms with Gasteiger partial charge in [0.2, 0.25) is 10.0 Å². The fourth-order valence-corrected chi connectivity index (χ4v) is 3.56. The van der Waals surface area contributed by atoms with Gasteiger partial charge in [0.25, 0.3) is 0 Å². The van der Waals surface area contributed by atoms with E-state index in [0.717, 1.165) is 19.9 Å². The molecule has 0 saturated carbocycles. The summed E-state index contributed by atoms with van der Waals surface area (Å²) >= 11 is 3.34. The van der Waals surface area contributed by atoms with Crippen molar-refractivity contribution in [1.82, 2.24) is 4.31 Å². The molecule has 0 bridgehead atoms. The number of halogens is 1. The van der Waals surface area contributed by atoms with E-state index in [1.54, 1.807) is 12.1 Å². The van der Waals surface area contributed by atoms with E-state index >= 15 is 0 Å². The third-order valence-corrected chi connectivity index (χ3v) is 5.68. The number of carbonyl (C=O) groups is 1. The monoisotopic (exact) mass is 411 g/mol. The van der Waals surface area contributed by atoms with Gasteiger partial charge >= 0.3 is 5.97 Å². The Kier molecular flexibility index (Phi) is 6.15. The molecule has 2 aromatic carbocycles. The van der Waals surface area contributed by atoms with Gasteiger partial charge in [0.15, 0.2) is 0 Å². The Hall–Kier alpha value is -1.70. The summed E-state index contributed by atoms with van der Waals surface area (Å²) in [5.41, 5.74) is 1.78. The van der Waals surface area contributed by atoms with E-state index in [9.17, 15) is 13.2 Å². The standard InChI is InChI=1S/C17H18BrNO4S/c1-13-6-8-16(9-7-13)24(21,22)19(2)11-17(20)23-12-14-4-3-5-15(18)10-14/h3-10H,11-12H2,1-2H3. The number of esters is 1. The molecule has 0 unspecified atom stereocenters. The van der Waals surface area contributed by atoms with Gasteiger partial charge in [0.1, 0.15) is 13.2 Å². The van der Waals surface area contributed by atoms with Crippen molar-refractivity contribution in [3.63, 3.8) is 0 Å². The van der Waals surface area contributed by atoms with Gasteiger partial charge in [-0.3, -0.25) is 4.79 Å². The number of carbonyl (C=O) groups excluding carboxylic acids is 1. The third kappa shape index (κ3) is 4.90. The quantitative estimate of drug-likeness (QED) is 0.684. The molecule has 2 aromatic rings. The normalized spacial score (nSPS) is 11.5. The van der Waals surface area contributed by atoms with Crippen molar-refractivity contribution in [2.45, 2.75) is 18.4 Å². The Morgan fingerprint density at radius 2 is 1.83 bits per heavy atom. The van der Waals surface area contributed by atoms with Crippen LogP contribution in [0.2, 0.25) is 0 Å². The summed E-state index contributed by atoms with van der Waals surface area (Å²) in [7, 11) is -2.36. The van der Waals surface area contributed by atoms with E-state index < -0.39 is 16.0 Å². The highest BCUT2D eigenvalue weighted by molar-refractivity contribution is 9.10. The van der Waals surface area contributed by atoms with Gasteiger partial charge in [-0.05, 0) is 36.8 Å². The number of hydrogen-bond acceptors (Lipinski definition) is 4. The highest BCUT2D eigenvalue weighted by Gasteiger charge is 2.23. The molecular formula is C17H18BrNO4S. The second-order valence-electron chi connectivity index (χ2n) is 5.36. The summed E-state index contributed by atoms with van der Waals surface area (Å²) in [5.74, 6) is -0.604. The first kappa shape index (κ1) is 18.6. The van der Waals surface area contributed by atoms with E-state index in [4.69, 9.17) is 4.74 Å². The van der Waals surface area contributed by atoms with Crippen molar-refractivity contribution in [3.05, 3.63) is 64.1 Å². The Labute approximate surface area is 150 Å². The lowest BCUT2D eigenvalue weighted by atomic mass is 10.2. The first-order valence-electron chi connectivity index (χ1n) is 7.22. The lowest BCUT2D eigenvalue weighted by Gasteiger charge is -2.16. The smallest absolute Gasteiger partial charge is 0.321 e. The maximum atomic E-state index is 12.4. The van der Waals surface area contributed by atoms with Crippen molar-refractivity contribution in [3.8, 4) is 0 Å². The molecule has 0 amide bonds. The van der Waals surface area contributed by atoms with Gasteiger partial charge in [0.05, 0.1) is 4.90 Å². The molecule has 24 heavy (non-hydrogen) atoms. The van der Waals surface area contributed by atoms with Crippen molar-refractivity contribution >= 4 is 31.9 Å². The minimum Gasteiger partial charge on any atom is -0.460 e. The molecule has 128 valence electrons. The average molecular weight is 412 g/mol. The number of rotatable bonds is 6. The lowest BCUT2D eigenvalue weighted by molar-refractivity contribution is -0.144. The summed E-state index contributed by atoms with van der Waals surface area (Å²) in [4.78, 5) is 12.1. The molecule has 0 radical (unpaired) electrons. The van der Waals surface area contributed by atoms with Gasteiger partial charge in [-0.25, -0.2) is 8.42 Å². The highest BCUT2D eigenvalue weighted by Crippen LogP contribution is 2.15. The topological polar surface area (TPSA) is 63.7 Å². The van der Waals surface area contributed by atoms with E-state index in [2.05, 4.69) is 15.9 Å². The van der Waals surface area contributed by atoms with Gasteiger partial charge in [-0.15, -0.1) is 0 Å². The largest absolute Gasteiger partial charge is 0.460 e. The second-order valence-corrected chi connectivity index (χ2v) is 8.33. The maximum Gasteiger partial charge on any atom is 0.321 e. The number of ether oxygens (including phenoxy) is 1. The first-order valence-corrected chi connectivity index (χ1v) is 9.45. The first-order chi connectivity index (χ1) is 11.3. The highest BCUT2D eigenvalue weighted by atomic mass is 79.9. The van der Waals surface area contributed by atoms with Crippen LogP contribution in [0.25, 0.3) is 0 Å². The van der Waals surface area contributed by atoms with Crippen LogP contribution in [0.4, 0.5) is 0 Å². The van der Waals surface area contributed by atoms with E-state index in [0.29, 0.717) is 0 Å². The van der Waals surface area contributed by atoms with Crippen LogP contribution in [0.1, 0.15) is 11.1 Å². The van der Waals surface area contributed by atoms with Crippen LogP contribution in [-0.4, -0.2) is 32.3 Å². The molecular weight excluding hydrogens is 394 g/mol. The number of hydrogen-bond donors (Lipinski definition) is 0. The molecule has 0 atom stereocenters. The fraction of sp³-hybridized carbons (Fsp3) is 0.235. The maximum absolute atomic E-state index is 12.4. The van der Waals surface area contributed by atoms with Crippen LogP contribution in [-0.2, 0) is 26.2 Å². The molecule has 0 heterocycles. The molecule has 0 aliphatic rings. The molecule has 2 rings (SSSR count). The van der Waals surface area contributed by atoms with Crippen molar-refractivity contribution < 1.29 is 17.9 Å². The summed E-state index contributed by atoms with van der Waals surface area (Å²) in [6.45, 7) is 1.63. The lowest BCUT2D eigenvalue weighted by Crippen LogP contribution is -2.33. The van der Waals surface area contributed by atoms with Gasteiger partial charge in [-0.1, -0.05) is 45.8 Å². The molecule has 0 fully saturated rings. The van der Waals surface area contributed by atoms with Gasteiger partial charge < -0.3 is 4.74 Å². The summed E-state index contributed by atoms with van der Waals surface area (Å²) < 4.78 is 31.8. The minimum absolute atomic E-state index is 0.0939.